The summed E-state index contributed by atoms with van der Waals surface area (Å²) in [6.45, 7) is 4.04. The molecule has 1 heterocycles. The molecule has 3 aliphatic rings. The first kappa shape index (κ1) is 14.7. The van der Waals surface area contributed by atoms with Gasteiger partial charge in [0.25, 0.3) is 0 Å². The molecule has 2 saturated carbocycles. The SMILES string of the molecule is [CH2]CCC(CC[C]1OC2CC3CC(O1)C2C3)c1ccccc1. The minimum atomic E-state index is 0.454. The second-order valence-electron chi connectivity index (χ2n) is 7.21. The highest BCUT2D eigenvalue weighted by Gasteiger charge is 2.52. The average Bonchev–Trinajstić information content (AvgIpc) is 3.12. The Bertz CT molecular complexity index is 470. The van der Waals surface area contributed by atoms with E-state index in [-0.39, 0.29) is 0 Å². The van der Waals surface area contributed by atoms with Crippen molar-refractivity contribution in [3.8, 4) is 0 Å². The minimum Gasteiger partial charge on any atom is -0.342 e. The summed E-state index contributed by atoms with van der Waals surface area (Å²) < 4.78 is 12.3. The van der Waals surface area contributed by atoms with E-state index in [2.05, 4.69) is 37.3 Å². The van der Waals surface area contributed by atoms with Crippen molar-refractivity contribution < 1.29 is 9.47 Å². The van der Waals surface area contributed by atoms with Crippen molar-refractivity contribution in [1.29, 1.82) is 0 Å². The van der Waals surface area contributed by atoms with Gasteiger partial charge in [0.05, 0.1) is 12.2 Å². The third-order valence-electron chi connectivity index (χ3n) is 5.78. The zero-order valence-corrected chi connectivity index (χ0v) is 13.2. The normalized spacial score (nSPS) is 35.0. The lowest BCUT2D eigenvalue weighted by Gasteiger charge is -2.39. The summed E-state index contributed by atoms with van der Waals surface area (Å²) in [6.07, 6.45) is 9.82. The van der Waals surface area contributed by atoms with Gasteiger partial charge in [0.2, 0.25) is 6.29 Å². The minimum absolute atomic E-state index is 0.454. The maximum atomic E-state index is 6.15. The Labute approximate surface area is 134 Å². The highest BCUT2D eigenvalue weighted by Crippen LogP contribution is 2.52. The van der Waals surface area contributed by atoms with Crippen LogP contribution in [0.5, 0.6) is 0 Å². The molecule has 2 nitrogen and oxygen atoms in total. The molecule has 3 unspecified atom stereocenters. The van der Waals surface area contributed by atoms with Crippen LogP contribution in [0.25, 0.3) is 0 Å². The molecule has 4 rings (SSSR count). The van der Waals surface area contributed by atoms with E-state index >= 15 is 0 Å². The van der Waals surface area contributed by atoms with Gasteiger partial charge >= 0.3 is 0 Å². The second-order valence-corrected chi connectivity index (χ2v) is 7.21. The van der Waals surface area contributed by atoms with Crippen LogP contribution in [0.4, 0.5) is 0 Å². The first-order valence-corrected chi connectivity index (χ1v) is 8.87. The number of benzene rings is 1. The molecule has 118 valence electrons. The molecular formula is C20H26O2. The van der Waals surface area contributed by atoms with Crippen molar-refractivity contribution in [3.05, 3.63) is 49.1 Å². The van der Waals surface area contributed by atoms with E-state index in [4.69, 9.17) is 9.47 Å². The Hall–Kier alpha value is -0.860. The summed E-state index contributed by atoms with van der Waals surface area (Å²) in [4.78, 5) is 0. The second kappa shape index (κ2) is 6.33. The molecular weight excluding hydrogens is 272 g/mol. The van der Waals surface area contributed by atoms with Gasteiger partial charge in [-0.1, -0.05) is 43.7 Å². The van der Waals surface area contributed by atoms with E-state index in [1.54, 1.807) is 0 Å². The maximum Gasteiger partial charge on any atom is 0.224 e. The molecule has 0 N–H and O–H groups in total. The molecule has 2 aliphatic carbocycles. The highest BCUT2D eigenvalue weighted by atomic mass is 16.7. The fourth-order valence-corrected chi connectivity index (χ4v) is 4.72. The van der Waals surface area contributed by atoms with Crippen LogP contribution < -0.4 is 0 Å². The monoisotopic (exact) mass is 298 g/mol. The predicted octanol–water partition coefficient (Wildman–Crippen LogP) is 4.87. The summed E-state index contributed by atoms with van der Waals surface area (Å²) in [5, 5.41) is 0. The third-order valence-corrected chi connectivity index (χ3v) is 5.78. The molecule has 1 saturated heterocycles. The quantitative estimate of drug-likeness (QED) is 0.746. The van der Waals surface area contributed by atoms with Gasteiger partial charge in [0.15, 0.2) is 0 Å². The topological polar surface area (TPSA) is 18.5 Å². The van der Waals surface area contributed by atoms with Crippen molar-refractivity contribution in [3.63, 3.8) is 0 Å². The van der Waals surface area contributed by atoms with Crippen LogP contribution in [-0.2, 0) is 9.47 Å². The molecule has 1 aromatic rings. The van der Waals surface area contributed by atoms with Crippen molar-refractivity contribution in [2.75, 3.05) is 0 Å². The Balaban J connectivity index is 1.35. The molecule has 0 amide bonds. The first-order chi connectivity index (χ1) is 10.8. The zero-order valence-electron chi connectivity index (χ0n) is 13.2. The maximum absolute atomic E-state index is 6.15. The van der Waals surface area contributed by atoms with Gasteiger partial charge in [-0.15, -0.1) is 0 Å². The average molecular weight is 298 g/mol. The molecule has 2 radical (unpaired) electrons. The van der Waals surface area contributed by atoms with Crippen LogP contribution >= 0.6 is 0 Å². The van der Waals surface area contributed by atoms with Crippen molar-refractivity contribution >= 4 is 0 Å². The molecule has 1 aliphatic heterocycles. The van der Waals surface area contributed by atoms with Crippen LogP contribution in [0.1, 0.15) is 56.4 Å². The van der Waals surface area contributed by atoms with Crippen LogP contribution in [-0.4, -0.2) is 12.2 Å². The van der Waals surface area contributed by atoms with E-state index in [0.29, 0.717) is 24.0 Å². The van der Waals surface area contributed by atoms with E-state index in [9.17, 15) is 0 Å². The lowest BCUT2D eigenvalue weighted by molar-refractivity contribution is -0.198. The third kappa shape index (κ3) is 2.83. The number of hydrogen-bond acceptors (Lipinski definition) is 2. The fraction of sp³-hybridized carbons (Fsp3) is 0.600. The Morgan fingerprint density at radius 3 is 2.36 bits per heavy atom. The van der Waals surface area contributed by atoms with Gasteiger partial charge in [-0.3, -0.25) is 0 Å². The molecule has 3 fully saturated rings. The Kier molecular flexibility index (Phi) is 4.23. The lowest BCUT2D eigenvalue weighted by Crippen LogP contribution is -2.41. The molecule has 0 aromatic heterocycles. The van der Waals surface area contributed by atoms with Crippen LogP contribution in [0.3, 0.4) is 0 Å². The first-order valence-electron chi connectivity index (χ1n) is 8.87. The lowest BCUT2D eigenvalue weighted by atomic mass is 9.89. The van der Waals surface area contributed by atoms with E-state index in [1.165, 1.54) is 24.8 Å². The molecule has 2 heteroatoms. The molecule has 2 bridgehead atoms. The van der Waals surface area contributed by atoms with Gasteiger partial charge in [0.1, 0.15) is 0 Å². The van der Waals surface area contributed by atoms with Crippen molar-refractivity contribution in [2.45, 2.75) is 63.1 Å². The van der Waals surface area contributed by atoms with Gasteiger partial charge < -0.3 is 9.47 Å². The van der Waals surface area contributed by atoms with E-state index < -0.39 is 0 Å². The van der Waals surface area contributed by atoms with Crippen LogP contribution in [0.15, 0.2) is 30.3 Å². The molecule has 3 atom stereocenters. The summed E-state index contributed by atoms with van der Waals surface area (Å²) in [5.41, 5.74) is 1.42. The fourth-order valence-electron chi connectivity index (χ4n) is 4.72. The summed E-state index contributed by atoms with van der Waals surface area (Å²) in [7, 11) is 0. The number of hydrogen-bond donors (Lipinski definition) is 0. The molecule has 22 heavy (non-hydrogen) atoms. The Morgan fingerprint density at radius 1 is 1.00 bits per heavy atom. The number of ether oxygens (including phenoxy) is 2. The largest absolute Gasteiger partial charge is 0.342 e. The number of fused-ring (bicyclic) bond motifs is 1. The smallest absolute Gasteiger partial charge is 0.224 e. The van der Waals surface area contributed by atoms with Gasteiger partial charge in [0, 0.05) is 12.3 Å². The van der Waals surface area contributed by atoms with E-state index in [0.717, 1.165) is 37.9 Å². The van der Waals surface area contributed by atoms with Crippen molar-refractivity contribution in [2.24, 2.45) is 11.8 Å². The van der Waals surface area contributed by atoms with Gasteiger partial charge in [-0.2, -0.15) is 0 Å². The molecule has 1 aromatic carbocycles. The Morgan fingerprint density at radius 2 is 1.73 bits per heavy atom. The summed E-state index contributed by atoms with van der Waals surface area (Å²) in [6, 6.07) is 10.8. The van der Waals surface area contributed by atoms with Crippen LogP contribution in [0, 0.1) is 25.0 Å². The molecule has 0 spiro atoms. The van der Waals surface area contributed by atoms with Crippen molar-refractivity contribution in [1.82, 2.24) is 0 Å². The van der Waals surface area contributed by atoms with E-state index in [1.807, 2.05) is 0 Å². The van der Waals surface area contributed by atoms with Gasteiger partial charge in [-0.25, -0.2) is 0 Å². The summed E-state index contributed by atoms with van der Waals surface area (Å²) >= 11 is 0. The summed E-state index contributed by atoms with van der Waals surface area (Å²) in [5.74, 6) is 2.11. The van der Waals surface area contributed by atoms with Crippen LogP contribution in [0.2, 0.25) is 0 Å². The standard InChI is InChI=1S/C20H26O2/c1-2-6-15(16-7-4-3-5-8-16)9-10-20-21-18-12-14-11-17(18)19(13-14)22-20/h3-5,7-8,14-15,17-19H,1-2,6,9-13H2. The zero-order chi connectivity index (χ0) is 14.9. The number of rotatable bonds is 6. The highest BCUT2D eigenvalue weighted by molar-refractivity contribution is 5.19. The van der Waals surface area contributed by atoms with Gasteiger partial charge in [-0.05, 0) is 49.5 Å². The predicted molar refractivity (Wildman–Crippen MR) is 86.8 cm³/mol.